The Labute approximate surface area is 145 Å². The van der Waals surface area contributed by atoms with E-state index in [0.29, 0.717) is 15.6 Å². The summed E-state index contributed by atoms with van der Waals surface area (Å²) in [6, 6.07) is 4.11. The van der Waals surface area contributed by atoms with Crippen molar-refractivity contribution < 1.29 is 4.79 Å². The lowest BCUT2D eigenvalue weighted by atomic mass is 10.2. The molecule has 0 saturated heterocycles. The summed E-state index contributed by atoms with van der Waals surface area (Å²) in [6.45, 7) is 1.49. The van der Waals surface area contributed by atoms with Crippen molar-refractivity contribution in [3.63, 3.8) is 0 Å². The summed E-state index contributed by atoms with van der Waals surface area (Å²) in [7, 11) is 0. The first kappa shape index (κ1) is 17.7. The second-order valence-corrected chi connectivity index (χ2v) is 5.41. The Morgan fingerprint density at radius 1 is 1.33 bits per heavy atom. The Kier molecular flexibility index (Phi) is 5.72. The van der Waals surface area contributed by atoms with Crippen molar-refractivity contribution in [3.8, 4) is 0 Å². The van der Waals surface area contributed by atoms with E-state index in [2.05, 4.69) is 20.9 Å². The van der Waals surface area contributed by atoms with E-state index >= 15 is 0 Å². The van der Waals surface area contributed by atoms with Crippen molar-refractivity contribution in [2.75, 3.05) is 5.32 Å². The van der Waals surface area contributed by atoms with Crippen LogP contribution in [0.25, 0.3) is 0 Å². The number of aromatic amines is 2. The van der Waals surface area contributed by atoms with Gasteiger partial charge in [-0.25, -0.2) is 15.3 Å². The molecule has 0 saturated carbocycles. The number of rotatable bonds is 5. The maximum atomic E-state index is 11.9. The molecule has 0 fully saturated rings. The molecule has 4 N–H and O–H groups in total. The third-order valence-corrected chi connectivity index (χ3v) is 3.49. The van der Waals surface area contributed by atoms with E-state index in [-0.39, 0.29) is 5.82 Å². The summed E-state index contributed by atoms with van der Waals surface area (Å²) in [6.07, 6.45) is 1.31. The molecule has 1 heterocycles. The van der Waals surface area contributed by atoms with Crippen LogP contribution in [0.4, 0.5) is 5.82 Å². The molecule has 0 bridgehead atoms. The van der Waals surface area contributed by atoms with Crippen molar-refractivity contribution in [3.05, 3.63) is 54.6 Å². The number of hydrogen-bond acceptors (Lipinski definition) is 6. The van der Waals surface area contributed by atoms with Gasteiger partial charge in [0.2, 0.25) is 5.82 Å². The van der Waals surface area contributed by atoms with Crippen LogP contribution in [0.2, 0.25) is 10.0 Å². The summed E-state index contributed by atoms with van der Waals surface area (Å²) in [5.41, 5.74) is 1.24. The molecule has 1 atom stereocenters. The van der Waals surface area contributed by atoms with Gasteiger partial charge in [0.05, 0.1) is 16.3 Å². The number of nitrogens with one attached hydrogen (secondary N) is 4. The van der Waals surface area contributed by atoms with Crippen molar-refractivity contribution in [1.82, 2.24) is 20.6 Å². The lowest BCUT2D eigenvalue weighted by molar-refractivity contribution is -0.121. The largest absolute Gasteiger partial charge is 0.353 e. The van der Waals surface area contributed by atoms with E-state index < -0.39 is 23.2 Å². The first-order valence-electron chi connectivity index (χ1n) is 6.61. The van der Waals surface area contributed by atoms with Gasteiger partial charge in [0, 0.05) is 5.56 Å². The van der Waals surface area contributed by atoms with Gasteiger partial charge in [-0.2, -0.15) is 5.10 Å². The standard InChI is InChI=1S/C13H12Cl2N6O3/c1-6(17-10-12(23)18-13(24)21-19-10)11(22)20-16-5-7-8(14)3-2-4-9(7)15/h2-6H,1H3,(H,17,19)(H,20,22)(H2,18,21,23,24)/b16-5-/t6-/m0/s1. The van der Waals surface area contributed by atoms with Crippen LogP contribution >= 0.6 is 23.2 Å². The average molecular weight is 371 g/mol. The van der Waals surface area contributed by atoms with E-state index in [0.717, 1.165) is 0 Å². The second-order valence-electron chi connectivity index (χ2n) is 4.59. The number of aromatic nitrogens is 3. The highest BCUT2D eigenvalue weighted by molar-refractivity contribution is 6.38. The minimum Gasteiger partial charge on any atom is -0.353 e. The molecule has 1 aromatic carbocycles. The average Bonchev–Trinajstić information content (AvgIpc) is 2.52. The Hall–Kier alpha value is -2.65. The van der Waals surface area contributed by atoms with Crippen LogP contribution in [-0.4, -0.2) is 33.3 Å². The van der Waals surface area contributed by atoms with Gasteiger partial charge in [0.25, 0.3) is 11.5 Å². The summed E-state index contributed by atoms with van der Waals surface area (Å²) in [5, 5.41) is 12.6. The van der Waals surface area contributed by atoms with Crippen LogP contribution in [0, 0.1) is 0 Å². The topological polar surface area (TPSA) is 132 Å². The van der Waals surface area contributed by atoms with E-state index in [1.807, 2.05) is 10.1 Å². The van der Waals surface area contributed by atoms with Crippen LogP contribution in [0.3, 0.4) is 0 Å². The van der Waals surface area contributed by atoms with Gasteiger partial charge in [0.15, 0.2) is 0 Å². The minimum atomic E-state index is -0.844. The summed E-state index contributed by atoms with van der Waals surface area (Å²) < 4.78 is 0. The van der Waals surface area contributed by atoms with E-state index in [4.69, 9.17) is 23.2 Å². The zero-order valence-electron chi connectivity index (χ0n) is 12.3. The number of benzene rings is 1. The molecule has 0 radical (unpaired) electrons. The van der Waals surface area contributed by atoms with Crippen LogP contribution < -0.4 is 22.0 Å². The second kappa shape index (κ2) is 7.75. The molecule has 0 unspecified atom stereocenters. The normalized spacial score (nSPS) is 12.1. The molecule has 9 nitrogen and oxygen atoms in total. The molecule has 0 aliphatic heterocycles. The quantitative estimate of drug-likeness (QED) is 0.454. The van der Waals surface area contributed by atoms with Crippen LogP contribution in [-0.2, 0) is 4.79 Å². The van der Waals surface area contributed by atoms with E-state index in [9.17, 15) is 14.4 Å². The zero-order chi connectivity index (χ0) is 17.7. The molecular formula is C13H12Cl2N6O3. The molecule has 126 valence electrons. The van der Waals surface area contributed by atoms with E-state index in [1.165, 1.54) is 13.1 Å². The molecular weight excluding hydrogens is 359 g/mol. The third-order valence-electron chi connectivity index (χ3n) is 2.83. The highest BCUT2D eigenvalue weighted by Gasteiger charge is 2.14. The number of hydrazone groups is 1. The van der Waals surface area contributed by atoms with Crippen molar-refractivity contribution in [1.29, 1.82) is 0 Å². The number of halogens is 2. The van der Waals surface area contributed by atoms with Crippen LogP contribution in [0.5, 0.6) is 0 Å². The fraction of sp³-hybridized carbons (Fsp3) is 0.154. The van der Waals surface area contributed by atoms with Crippen molar-refractivity contribution in [2.45, 2.75) is 13.0 Å². The van der Waals surface area contributed by atoms with Gasteiger partial charge >= 0.3 is 5.69 Å². The van der Waals surface area contributed by atoms with Gasteiger partial charge in [-0.3, -0.25) is 14.6 Å². The first-order chi connectivity index (χ1) is 11.4. The molecule has 2 aromatic rings. The predicted octanol–water partition coefficient (Wildman–Crippen LogP) is 0.716. The third kappa shape index (κ3) is 4.43. The summed E-state index contributed by atoms with van der Waals surface area (Å²) >= 11 is 11.9. The number of anilines is 1. The lowest BCUT2D eigenvalue weighted by Gasteiger charge is -2.11. The number of carbonyl (C=O) groups is 1. The van der Waals surface area contributed by atoms with Crippen LogP contribution in [0.15, 0.2) is 32.9 Å². The Bertz CT molecular complexity index is 872. The number of amides is 1. The molecule has 1 amide bonds. The predicted molar refractivity (Wildman–Crippen MR) is 90.8 cm³/mol. The zero-order valence-corrected chi connectivity index (χ0v) is 13.8. The van der Waals surface area contributed by atoms with Crippen LogP contribution in [0.1, 0.15) is 12.5 Å². The van der Waals surface area contributed by atoms with Gasteiger partial charge < -0.3 is 5.32 Å². The molecule has 24 heavy (non-hydrogen) atoms. The van der Waals surface area contributed by atoms with Gasteiger partial charge in [-0.05, 0) is 19.1 Å². The minimum absolute atomic E-state index is 0.199. The van der Waals surface area contributed by atoms with Crippen molar-refractivity contribution >= 4 is 41.1 Å². The number of carbonyl (C=O) groups excluding carboxylic acids is 1. The van der Waals surface area contributed by atoms with Gasteiger partial charge in [-0.1, -0.05) is 29.3 Å². The molecule has 0 spiro atoms. The Balaban J connectivity index is 2.00. The summed E-state index contributed by atoms with van der Waals surface area (Å²) in [4.78, 5) is 36.3. The Morgan fingerprint density at radius 3 is 2.62 bits per heavy atom. The smallest absolute Gasteiger partial charge is 0.342 e. The molecule has 11 heteroatoms. The lowest BCUT2D eigenvalue weighted by Crippen LogP contribution is -2.38. The number of H-pyrrole nitrogens is 2. The fourth-order valence-electron chi connectivity index (χ4n) is 1.61. The summed E-state index contributed by atoms with van der Waals surface area (Å²) in [5.74, 6) is -0.739. The molecule has 0 aliphatic rings. The Morgan fingerprint density at radius 2 is 2.00 bits per heavy atom. The maximum Gasteiger partial charge on any atom is 0.342 e. The number of nitrogens with zero attached hydrogens (tertiary/aromatic N) is 2. The van der Waals surface area contributed by atoms with Gasteiger partial charge in [-0.15, -0.1) is 5.10 Å². The molecule has 0 aliphatic carbocycles. The monoisotopic (exact) mass is 370 g/mol. The van der Waals surface area contributed by atoms with Gasteiger partial charge in [0.1, 0.15) is 6.04 Å². The number of hydrogen-bond donors (Lipinski definition) is 4. The first-order valence-corrected chi connectivity index (χ1v) is 7.36. The van der Waals surface area contributed by atoms with Crippen molar-refractivity contribution in [2.24, 2.45) is 5.10 Å². The highest BCUT2D eigenvalue weighted by Crippen LogP contribution is 2.21. The maximum absolute atomic E-state index is 11.9. The SMILES string of the molecule is C[C@H](Nc1n[nH]c(=O)[nH]c1=O)C(=O)N/N=C\c1c(Cl)cccc1Cl. The highest BCUT2D eigenvalue weighted by atomic mass is 35.5. The van der Waals surface area contributed by atoms with E-state index in [1.54, 1.807) is 18.2 Å². The fourth-order valence-corrected chi connectivity index (χ4v) is 2.10. The molecule has 1 aromatic heterocycles. The molecule has 2 rings (SSSR count).